The van der Waals surface area contributed by atoms with Crippen LogP contribution in [0.1, 0.15) is 37.1 Å². The lowest BCUT2D eigenvalue weighted by molar-refractivity contribution is 0.147. The average Bonchev–Trinajstić information content (AvgIpc) is 2.83. The minimum absolute atomic E-state index is 0.236. The molecule has 114 valence electrons. The van der Waals surface area contributed by atoms with Crippen LogP contribution in [0.4, 0.5) is 4.79 Å². The van der Waals surface area contributed by atoms with Gasteiger partial charge in [-0.25, -0.2) is 9.78 Å². The zero-order chi connectivity index (χ0) is 15.0. The number of hydrogen-bond acceptors (Lipinski definition) is 4. The van der Waals surface area contributed by atoms with E-state index in [0.717, 1.165) is 17.8 Å². The molecule has 3 N–H and O–H groups in total. The van der Waals surface area contributed by atoms with E-state index in [1.807, 2.05) is 20.0 Å². The van der Waals surface area contributed by atoms with Crippen LogP contribution in [0, 0.1) is 5.92 Å². The van der Waals surface area contributed by atoms with Crippen molar-refractivity contribution in [3.63, 3.8) is 0 Å². The molecule has 6 heteroatoms. The van der Waals surface area contributed by atoms with E-state index in [1.165, 1.54) is 4.88 Å². The van der Waals surface area contributed by atoms with Crippen LogP contribution in [-0.2, 0) is 12.8 Å². The standard InChI is InChI=1S/C14H25N3O2S/c1-4-12-9-16-13(20-12)5-6-15-14(19)17-8-11(18)7-10(2)3/h9-11,18H,4-8H2,1-3H3,(H2,15,17,19). The maximum absolute atomic E-state index is 11.5. The van der Waals surface area contributed by atoms with Crippen molar-refractivity contribution in [2.24, 2.45) is 5.92 Å². The van der Waals surface area contributed by atoms with Gasteiger partial charge in [-0.15, -0.1) is 11.3 Å². The zero-order valence-electron chi connectivity index (χ0n) is 12.5. The van der Waals surface area contributed by atoms with Crippen molar-refractivity contribution in [2.45, 2.75) is 46.1 Å². The van der Waals surface area contributed by atoms with Gasteiger partial charge in [-0.2, -0.15) is 0 Å². The molecule has 0 saturated carbocycles. The van der Waals surface area contributed by atoms with Crippen LogP contribution in [0.3, 0.4) is 0 Å². The maximum Gasteiger partial charge on any atom is 0.314 e. The van der Waals surface area contributed by atoms with Crippen LogP contribution in [0.25, 0.3) is 0 Å². The summed E-state index contributed by atoms with van der Waals surface area (Å²) >= 11 is 1.69. The number of nitrogens with one attached hydrogen (secondary N) is 2. The van der Waals surface area contributed by atoms with Crippen molar-refractivity contribution in [3.05, 3.63) is 16.1 Å². The van der Waals surface area contributed by atoms with Gasteiger partial charge in [0.1, 0.15) is 0 Å². The summed E-state index contributed by atoms with van der Waals surface area (Å²) in [5.41, 5.74) is 0. The molecule has 0 radical (unpaired) electrons. The SMILES string of the molecule is CCc1cnc(CCNC(=O)NCC(O)CC(C)C)s1. The van der Waals surface area contributed by atoms with Gasteiger partial charge in [0.05, 0.1) is 11.1 Å². The molecule has 0 aliphatic carbocycles. The molecular formula is C14H25N3O2S. The molecule has 0 spiro atoms. The Morgan fingerprint density at radius 2 is 2.20 bits per heavy atom. The van der Waals surface area contributed by atoms with Gasteiger partial charge in [0.25, 0.3) is 0 Å². The smallest absolute Gasteiger partial charge is 0.314 e. The fraction of sp³-hybridized carbons (Fsp3) is 0.714. The Kier molecular flexibility index (Phi) is 7.54. The van der Waals surface area contributed by atoms with Crippen LogP contribution in [-0.4, -0.2) is 35.3 Å². The quantitative estimate of drug-likeness (QED) is 0.687. The number of amides is 2. The third-order valence-corrected chi connectivity index (χ3v) is 4.02. The van der Waals surface area contributed by atoms with Crippen LogP contribution in [0.15, 0.2) is 6.20 Å². The van der Waals surface area contributed by atoms with Crippen LogP contribution < -0.4 is 10.6 Å². The second-order valence-electron chi connectivity index (χ2n) is 5.24. The first kappa shape index (κ1) is 16.9. The highest BCUT2D eigenvalue weighted by atomic mass is 32.1. The van der Waals surface area contributed by atoms with Crippen molar-refractivity contribution in [1.82, 2.24) is 15.6 Å². The van der Waals surface area contributed by atoms with E-state index in [9.17, 15) is 9.90 Å². The Morgan fingerprint density at radius 1 is 1.45 bits per heavy atom. The van der Waals surface area contributed by atoms with Gasteiger partial charge in [0.2, 0.25) is 0 Å². The second-order valence-corrected chi connectivity index (χ2v) is 6.44. The highest BCUT2D eigenvalue weighted by Crippen LogP contribution is 2.13. The molecule has 1 aromatic rings. The van der Waals surface area contributed by atoms with E-state index in [0.29, 0.717) is 25.4 Å². The Bertz CT molecular complexity index is 407. The summed E-state index contributed by atoms with van der Waals surface area (Å²) in [4.78, 5) is 17.1. The number of aliphatic hydroxyl groups is 1. The van der Waals surface area contributed by atoms with Crippen molar-refractivity contribution < 1.29 is 9.90 Å². The molecule has 0 saturated heterocycles. The molecule has 5 nitrogen and oxygen atoms in total. The summed E-state index contributed by atoms with van der Waals surface area (Å²) in [5, 5.41) is 16.1. The third kappa shape index (κ3) is 6.86. The van der Waals surface area contributed by atoms with Crippen molar-refractivity contribution in [3.8, 4) is 0 Å². The number of rotatable bonds is 8. The van der Waals surface area contributed by atoms with Gasteiger partial charge >= 0.3 is 6.03 Å². The van der Waals surface area contributed by atoms with E-state index in [-0.39, 0.29) is 6.03 Å². The Balaban J connectivity index is 2.13. The van der Waals surface area contributed by atoms with Crippen molar-refractivity contribution >= 4 is 17.4 Å². The summed E-state index contributed by atoms with van der Waals surface area (Å²) < 4.78 is 0. The molecule has 0 aliphatic rings. The number of thiazole rings is 1. The molecule has 20 heavy (non-hydrogen) atoms. The second kappa shape index (κ2) is 8.92. The number of carbonyl (C=O) groups is 1. The lowest BCUT2D eigenvalue weighted by Gasteiger charge is -2.14. The molecule has 0 aliphatic heterocycles. The van der Waals surface area contributed by atoms with E-state index < -0.39 is 6.10 Å². The Labute approximate surface area is 124 Å². The maximum atomic E-state index is 11.5. The first-order valence-corrected chi connectivity index (χ1v) is 7.96. The van der Waals surface area contributed by atoms with E-state index in [2.05, 4.69) is 22.5 Å². The van der Waals surface area contributed by atoms with Gasteiger partial charge in [0.15, 0.2) is 0 Å². The molecule has 0 bridgehead atoms. The average molecular weight is 299 g/mol. The van der Waals surface area contributed by atoms with Crippen molar-refractivity contribution in [1.29, 1.82) is 0 Å². The summed E-state index contributed by atoms with van der Waals surface area (Å²) in [6.45, 7) is 7.04. The topological polar surface area (TPSA) is 74.2 Å². The Hall–Kier alpha value is -1.14. The number of nitrogens with zero attached hydrogens (tertiary/aromatic N) is 1. The Morgan fingerprint density at radius 3 is 2.80 bits per heavy atom. The fourth-order valence-electron chi connectivity index (χ4n) is 1.81. The normalized spacial score (nSPS) is 12.4. The number of carbonyl (C=O) groups excluding carboxylic acids is 1. The number of aromatic nitrogens is 1. The molecule has 2 amide bonds. The molecular weight excluding hydrogens is 274 g/mol. The monoisotopic (exact) mass is 299 g/mol. The van der Waals surface area contributed by atoms with E-state index >= 15 is 0 Å². The highest BCUT2D eigenvalue weighted by Gasteiger charge is 2.08. The molecule has 1 unspecified atom stereocenters. The highest BCUT2D eigenvalue weighted by molar-refractivity contribution is 7.11. The largest absolute Gasteiger partial charge is 0.391 e. The predicted molar refractivity (Wildman–Crippen MR) is 82.1 cm³/mol. The number of aliphatic hydroxyl groups excluding tert-OH is 1. The van der Waals surface area contributed by atoms with Gasteiger partial charge in [-0.1, -0.05) is 20.8 Å². The lowest BCUT2D eigenvalue weighted by atomic mass is 10.1. The minimum atomic E-state index is -0.480. The predicted octanol–water partition coefficient (Wildman–Crippen LogP) is 1.95. The molecule has 1 aromatic heterocycles. The molecule has 0 fully saturated rings. The van der Waals surface area contributed by atoms with Gasteiger partial charge in [0, 0.05) is 30.6 Å². The summed E-state index contributed by atoms with van der Waals surface area (Å²) in [5.74, 6) is 0.424. The third-order valence-electron chi connectivity index (χ3n) is 2.82. The van der Waals surface area contributed by atoms with Gasteiger partial charge < -0.3 is 15.7 Å². The zero-order valence-corrected chi connectivity index (χ0v) is 13.3. The summed E-state index contributed by atoms with van der Waals surface area (Å²) in [7, 11) is 0. The van der Waals surface area contributed by atoms with Crippen LogP contribution >= 0.6 is 11.3 Å². The van der Waals surface area contributed by atoms with E-state index in [4.69, 9.17) is 0 Å². The van der Waals surface area contributed by atoms with E-state index in [1.54, 1.807) is 11.3 Å². The lowest BCUT2D eigenvalue weighted by Crippen LogP contribution is -2.40. The number of aryl methyl sites for hydroxylation is 1. The minimum Gasteiger partial charge on any atom is -0.391 e. The first-order valence-electron chi connectivity index (χ1n) is 7.14. The molecule has 0 aromatic carbocycles. The van der Waals surface area contributed by atoms with Crippen LogP contribution in [0.2, 0.25) is 0 Å². The van der Waals surface area contributed by atoms with Gasteiger partial charge in [-0.3, -0.25) is 0 Å². The summed E-state index contributed by atoms with van der Waals surface area (Å²) in [6.07, 6.45) is 3.85. The summed E-state index contributed by atoms with van der Waals surface area (Å²) in [6, 6.07) is -0.236. The fourth-order valence-corrected chi connectivity index (χ4v) is 2.67. The van der Waals surface area contributed by atoms with Crippen molar-refractivity contribution in [2.75, 3.05) is 13.1 Å². The molecule has 1 heterocycles. The van der Waals surface area contributed by atoms with Gasteiger partial charge in [-0.05, 0) is 18.8 Å². The van der Waals surface area contributed by atoms with Crippen LogP contribution in [0.5, 0.6) is 0 Å². The first-order chi connectivity index (χ1) is 9.51. The number of urea groups is 1. The molecule has 1 atom stereocenters. The molecule has 1 rings (SSSR count). The number of hydrogen-bond donors (Lipinski definition) is 3.